The highest BCUT2D eigenvalue weighted by molar-refractivity contribution is 7.80. The van der Waals surface area contributed by atoms with Gasteiger partial charge in [0.05, 0.1) is 18.8 Å². The molecule has 0 aliphatic carbocycles. The summed E-state index contributed by atoms with van der Waals surface area (Å²) in [6.07, 6.45) is 0. The van der Waals surface area contributed by atoms with E-state index in [0.29, 0.717) is 13.2 Å². The largest absolute Gasteiger partial charge is 0.399 e. The fourth-order valence-electron chi connectivity index (χ4n) is 1.77. The van der Waals surface area contributed by atoms with Crippen LogP contribution in [0.15, 0.2) is 24.3 Å². The fourth-order valence-corrected chi connectivity index (χ4v) is 2.07. The first-order valence-electron chi connectivity index (χ1n) is 4.85. The Kier molecular flexibility index (Phi) is 2.63. The molecule has 0 bridgehead atoms. The number of benzene rings is 1. The molecule has 1 aromatic carbocycles. The molecular formula is C11H14N2OS. The van der Waals surface area contributed by atoms with Gasteiger partial charge in [0, 0.05) is 5.69 Å². The first-order valence-corrected chi connectivity index (χ1v) is 5.26. The van der Waals surface area contributed by atoms with Crippen molar-refractivity contribution in [2.75, 3.05) is 18.9 Å². The number of nitrogens with one attached hydrogen (secondary N) is 1. The molecule has 1 saturated heterocycles. The third-order valence-electron chi connectivity index (χ3n) is 2.56. The summed E-state index contributed by atoms with van der Waals surface area (Å²) in [5, 5.41) is 3.29. The van der Waals surface area contributed by atoms with E-state index >= 15 is 0 Å². The van der Waals surface area contributed by atoms with Gasteiger partial charge in [0.25, 0.3) is 0 Å². The van der Waals surface area contributed by atoms with Gasteiger partial charge in [-0.2, -0.15) is 0 Å². The number of nitrogens with two attached hydrogens (primary N) is 1. The van der Waals surface area contributed by atoms with Crippen LogP contribution in [0.1, 0.15) is 12.5 Å². The van der Waals surface area contributed by atoms with Crippen molar-refractivity contribution in [3.8, 4) is 0 Å². The summed E-state index contributed by atoms with van der Waals surface area (Å²) in [6, 6.07) is 7.79. The minimum absolute atomic E-state index is 0.259. The number of hydrogen-bond donors (Lipinski definition) is 2. The van der Waals surface area contributed by atoms with Crippen LogP contribution in [0.5, 0.6) is 0 Å². The first-order chi connectivity index (χ1) is 7.10. The highest BCUT2D eigenvalue weighted by atomic mass is 32.1. The third-order valence-corrected chi connectivity index (χ3v) is 2.78. The summed E-state index contributed by atoms with van der Waals surface area (Å²) < 4.78 is 5.45. The Bertz CT molecular complexity index is 394. The Labute approximate surface area is 94.6 Å². The molecule has 1 unspecified atom stereocenters. The van der Waals surface area contributed by atoms with Crippen molar-refractivity contribution in [3.05, 3.63) is 29.8 Å². The summed E-state index contributed by atoms with van der Waals surface area (Å²) in [7, 11) is 0. The second-order valence-electron chi connectivity index (χ2n) is 4.00. The van der Waals surface area contributed by atoms with E-state index in [2.05, 4.69) is 12.2 Å². The minimum Gasteiger partial charge on any atom is -0.399 e. The highest BCUT2D eigenvalue weighted by Gasteiger charge is 2.31. The average Bonchev–Trinajstić information content (AvgIpc) is 2.17. The number of nitrogen functional groups attached to an aromatic ring is 1. The molecule has 1 fully saturated rings. The Morgan fingerprint density at radius 2 is 2.33 bits per heavy atom. The second-order valence-corrected chi connectivity index (χ2v) is 4.49. The van der Waals surface area contributed by atoms with E-state index in [0.717, 1.165) is 16.2 Å². The van der Waals surface area contributed by atoms with Crippen LogP contribution in [-0.4, -0.2) is 18.2 Å². The molecule has 0 radical (unpaired) electrons. The van der Waals surface area contributed by atoms with Crippen molar-refractivity contribution in [2.24, 2.45) is 0 Å². The van der Waals surface area contributed by atoms with E-state index in [-0.39, 0.29) is 5.54 Å². The molecule has 15 heavy (non-hydrogen) atoms. The Balaban J connectivity index is 2.32. The molecule has 0 aromatic heterocycles. The number of anilines is 1. The molecule has 1 atom stereocenters. The van der Waals surface area contributed by atoms with Gasteiger partial charge < -0.3 is 15.8 Å². The molecule has 2 rings (SSSR count). The molecule has 4 heteroatoms. The molecule has 1 heterocycles. The van der Waals surface area contributed by atoms with Crippen molar-refractivity contribution in [2.45, 2.75) is 12.5 Å². The van der Waals surface area contributed by atoms with Crippen LogP contribution in [0.3, 0.4) is 0 Å². The zero-order chi connectivity index (χ0) is 10.9. The molecule has 80 valence electrons. The average molecular weight is 222 g/mol. The topological polar surface area (TPSA) is 47.3 Å². The second kappa shape index (κ2) is 3.79. The molecule has 1 aromatic rings. The predicted octanol–water partition coefficient (Wildman–Crippen LogP) is 1.43. The van der Waals surface area contributed by atoms with Crippen molar-refractivity contribution < 1.29 is 4.74 Å². The standard InChI is InChI=1S/C11H14N2OS/c1-11(7-14-6-10(15)13-11)8-3-2-4-9(12)5-8/h2-5H,6-7,12H2,1H3,(H,13,15). The van der Waals surface area contributed by atoms with Gasteiger partial charge in [-0.15, -0.1) is 0 Å². The predicted molar refractivity (Wildman–Crippen MR) is 64.8 cm³/mol. The normalized spacial score (nSPS) is 26.1. The molecule has 0 spiro atoms. The van der Waals surface area contributed by atoms with Crippen LogP contribution >= 0.6 is 12.2 Å². The molecule has 1 aliphatic heterocycles. The molecule has 3 N–H and O–H groups in total. The van der Waals surface area contributed by atoms with Crippen LogP contribution in [0.2, 0.25) is 0 Å². The zero-order valence-electron chi connectivity index (χ0n) is 8.62. The van der Waals surface area contributed by atoms with Gasteiger partial charge in [-0.05, 0) is 24.6 Å². The lowest BCUT2D eigenvalue weighted by atomic mass is 9.91. The van der Waals surface area contributed by atoms with Gasteiger partial charge in [0.1, 0.15) is 4.99 Å². The van der Waals surface area contributed by atoms with Crippen LogP contribution in [0.25, 0.3) is 0 Å². The lowest BCUT2D eigenvalue weighted by Gasteiger charge is -2.36. The summed E-state index contributed by atoms with van der Waals surface area (Å²) in [4.78, 5) is 0.742. The van der Waals surface area contributed by atoms with Crippen molar-refractivity contribution in [3.63, 3.8) is 0 Å². The summed E-state index contributed by atoms with van der Waals surface area (Å²) in [6.45, 7) is 3.18. The number of morpholine rings is 1. The maximum Gasteiger partial charge on any atom is 0.102 e. The molecule has 0 saturated carbocycles. The minimum atomic E-state index is -0.259. The zero-order valence-corrected chi connectivity index (χ0v) is 9.43. The SMILES string of the molecule is CC1(c2cccc(N)c2)COCC(=S)N1. The number of hydrogen-bond acceptors (Lipinski definition) is 3. The highest BCUT2D eigenvalue weighted by Crippen LogP contribution is 2.25. The maximum absolute atomic E-state index is 5.76. The van der Waals surface area contributed by atoms with Gasteiger partial charge in [0.2, 0.25) is 0 Å². The fraction of sp³-hybridized carbons (Fsp3) is 0.364. The van der Waals surface area contributed by atoms with Crippen LogP contribution in [0.4, 0.5) is 5.69 Å². The number of thiocarbonyl (C=S) groups is 1. The van der Waals surface area contributed by atoms with Gasteiger partial charge in [-0.1, -0.05) is 24.4 Å². The van der Waals surface area contributed by atoms with E-state index in [1.807, 2.05) is 24.3 Å². The Morgan fingerprint density at radius 1 is 1.53 bits per heavy atom. The molecule has 1 aliphatic rings. The quantitative estimate of drug-likeness (QED) is 0.557. The summed E-state index contributed by atoms with van der Waals surface area (Å²) in [5.74, 6) is 0. The molecular weight excluding hydrogens is 208 g/mol. The number of rotatable bonds is 1. The van der Waals surface area contributed by atoms with Crippen LogP contribution < -0.4 is 11.1 Å². The van der Waals surface area contributed by atoms with Gasteiger partial charge in [-0.25, -0.2) is 0 Å². The van der Waals surface area contributed by atoms with Crippen LogP contribution in [0, 0.1) is 0 Å². The van der Waals surface area contributed by atoms with Crippen molar-refractivity contribution in [1.29, 1.82) is 0 Å². The Morgan fingerprint density at radius 3 is 3.00 bits per heavy atom. The van der Waals surface area contributed by atoms with Crippen molar-refractivity contribution in [1.82, 2.24) is 5.32 Å². The molecule has 3 nitrogen and oxygen atoms in total. The van der Waals surface area contributed by atoms with Crippen molar-refractivity contribution >= 4 is 22.9 Å². The van der Waals surface area contributed by atoms with Gasteiger partial charge in [0.15, 0.2) is 0 Å². The maximum atomic E-state index is 5.76. The van der Waals surface area contributed by atoms with Crippen LogP contribution in [-0.2, 0) is 10.3 Å². The molecule has 0 amide bonds. The van der Waals surface area contributed by atoms with E-state index < -0.39 is 0 Å². The number of ether oxygens (including phenoxy) is 1. The van der Waals surface area contributed by atoms with Gasteiger partial charge in [-0.3, -0.25) is 0 Å². The monoisotopic (exact) mass is 222 g/mol. The van der Waals surface area contributed by atoms with E-state index in [9.17, 15) is 0 Å². The summed E-state index contributed by atoms with van der Waals surface area (Å²) in [5.41, 5.74) is 7.36. The van der Waals surface area contributed by atoms with E-state index in [1.165, 1.54) is 0 Å². The Hall–Kier alpha value is -1.13. The van der Waals surface area contributed by atoms with E-state index in [4.69, 9.17) is 22.7 Å². The lowest BCUT2D eigenvalue weighted by Crippen LogP contribution is -2.52. The summed E-state index contributed by atoms with van der Waals surface area (Å²) >= 11 is 5.12. The first kappa shape index (κ1) is 10.4. The third kappa shape index (κ3) is 2.11. The lowest BCUT2D eigenvalue weighted by molar-refractivity contribution is 0.0876. The smallest absolute Gasteiger partial charge is 0.102 e. The van der Waals surface area contributed by atoms with Gasteiger partial charge >= 0.3 is 0 Å². The van der Waals surface area contributed by atoms with E-state index in [1.54, 1.807) is 0 Å².